The van der Waals surface area contributed by atoms with Crippen molar-refractivity contribution in [2.24, 2.45) is 4.99 Å². The van der Waals surface area contributed by atoms with Crippen molar-refractivity contribution in [3.63, 3.8) is 0 Å². The zero-order valence-electron chi connectivity index (χ0n) is 25.6. The Morgan fingerprint density at radius 1 is 1.00 bits per heavy atom. The number of thiazole rings is 1. The zero-order valence-corrected chi connectivity index (χ0v) is 27.9. The minimum Gasteiger partial charge on any atom is -0.497 e. The number of halogens is 2. The van der Waals surface area contributed by atoms with E-state index in [1.807, 2.05) is 44.2 Å². The minimum absolute atomic E-state index is 0.188. The number of carbonyl (C=O) groups excluding carboxylic acids is 1. The molecule has 0 fully saturated rings. The molecule has 1 aliphatic rings. The third kappa shape index (κ3) is 6.52. The van der Waals surface area contributed by atoms with Crippen molar-refractivity contribution >= 4 is 46.5 Å². The summed E-state index contributed by atoms with van der Waals surface area (Å²) >= 11 is 13.5. The summed E-state index contributed by atoms with van der Waals surface area (Å²) in [5, 5.41) is 0.918. The number of methoxy groups -OCH3 is 2. The third-order valence-corrected chi connectivity index (χ3v) is 9.34. The maximum absolute atomic E-state index is 14.3. The second-order valence-electron chi connectivity index (χ2n) is 10.2. The van der Waals surface area contributed by atoms with E-state index in [4.69, 9.17) is 42.4 Å². The average Bonchev–Trinajstić information content (AvgIpc) is 3.35. The predicted molar refractivity (Wildman–Crippen MR) is 178 cm³/mol. The second-order valence-corrected chi connectivity index (χ2v) is 12.1. The van der Waals surface area contributed by atoms with Gasteiger partial charge in [0.05, 0.1) is 40.1 Å². The fourth-order valence-electron chi connectivity index (χ4n) is 5.29. The van der Waals surface area contributed by atoms with Crippen LogP contribution in [0.15, 0.2) is 81.7 Å². The van der Waals surface area contributed by atoms with Crippen molar-refractivity contribution in [3.8, 4) is 17.2 Å². The van der Waals surface area contributed by atoms with E-state index in [9.17, 15) is 9.59 Å². The molecule has 45 heavy (non-hydrogen) atoms. The number of allylic oxidation sites excluding steroid dienone is 1. The average molecular weight is 667 g/mol. The molecule has 5 rings (SSSR count). The first-order chi connectivity index (χ1) is 21.7. The van der Waals surface area contributed by atoms with Gasteiger partial charge in [0.2, 0.25) is 0 Å². The molecule has 0 saturated carbocycles. The van der Waals surface area contributed by atoms with E-state index in [0.717, 1.165) is 5.56 Å². The molecule has 0 N–H and O–H groups in total. The molecule has 1 aromatic heterocycles. The highest BCUT2D eigenvalue weighted by atomic mass is 35.5. The van der Waals surface area contributed by atoms with Crippen molar-refractivity contribution in [1.82, 2.24) is 9.47 Å². The molecule has 0 aliphatic carbocycles. The summed E-state index contributed by atoms with van der Waals surface area (Å²) in [6.45, 7) is 6.94. The highest BCUT2D eigenvalue weighted by Crippen LogP contribution is 2.38. The molecule has 0 bridgehead atoms. The normalized spacial score (nSPS) is 14.6. The van der Waals surface area contributed by atoms with Crippen molar-refractivity contribution in [1.29, 1.82) is 0 Å². The number of ether oxygens (including phenoxy) is 3. The number of nitrogens with zero attached hydrogens (tertiary/aromatic N) is 3. The number of para-hydroxylation sites is 1. The lowest BCUT2D eigenvalue weighted by molar-refractivity contribution is -0.127. The largest absolute Gasteiger partial charge is 0.497 e. The van der Waals surface area contributed by atoms with E-state index in [2.05, 4.69) is 0 Å². The molecule has 0 radical (unpaired) electrons. The van der Waals surface area contributed by atoms with Crippen molar-refractivity contribution in [2.75, 3.05) is 27.3 Å². The van der Waals surface area contributed by atoms with E-state index in [1.54, 1.807) is 67.0 Å². The van der Waals surface area contributed by atoms with Gasteiger partial charge in [0.25, 0.3) is 11.5 Å². The Bertz CT molecular complexity index is 1960. The number of fused-ring (bicyclic) bond motifs is 1. The van der Waals surface area contributed by atoms with Crippen LogP contribution in [0.3, 0.4) is 0 Å². The van der Waals surface area contributed by atoms with Gasteiger partial charge < -0.3 is 19.1 Å². The summed E-state index contributed by atoms with van der Waals surface area (Å²) in [5.41, 5.74) is 2.86. The lowest BCUT2D eigenvalue weighted by Gasteiger charge is -2.30. The smallest absolute Gasteiger partial charge is 0.271 e. The summed E-state index contributed by atoms with van der Waals surface area (Å²) < 4.78 is 19.4. The van der Waals surface area contributed by atoms with Crippen molar-refractivity contribution in [2.45, 2.75) is 33.4 Å². The van der Waals surface area contributed by atoms with E-state index >= 15 is 0 Å². The summed E-state index contributed by atoms with van der Waals surface area (Å²) in [6, 6.07) is 17.4. The quantitative estimate of drug-likeness (QED) is 0.207. The first kappa shape index (κ1) is 32.3. The standard InChI is InChI=1S/C34H33Cl2N3O5S/c1-6-38(7-2)33(41)30-20(3)37-34-39(31(30)24-18-23(42-4)13-15-28(24)43-5)32(40)29(45-34)17-22-10-8-9-11-27(22)44-19-21-12-14-25(35)26(36)16-21/h8-18,31H,6-7,19H2,1-5H3/b29-17+/t31-/m0/s1. The molecule has 0 saturated heterocycles. The Morgan fingerprint density at radius 3 is 2.44 bits per heavy atom. The van der Waals surface area contributed by atoms with E-state index in [0.29, 0.717) is 72.1 Å². The molecule has 0 unspecified atom stereocenters. The first-order valence-electron chi connectivity index (χ1n) is 14.4. The SMILES string of the molecule is CCN(CC)C(=O)C1=C(C)N=c2s/c(=C/c3ccccc3OCc3ccc(Cl)c(Cl)c3)c(=O)n2[C@H]1c1cc(OC)ccc1OC. The summed E-state index contributed by atoms with van der Waals surface area (Å²) in [5.74, 6) is 1.50. The molecule has 3 aromatic carbocycles. The van der Waals surface area contributed by atoms with Gasteiger partial charge in [-0.1, -0.05) is 58.8 Å². The first-order valence-corrected chi connectivity index (χ1v) is 16.0. The van der Waals surface area contributed by atoms with Gasteiger partial charge in [-0.15, -0.1) is 0 Å². The maximum Gasteiger partial charge on any atom is 0.271 e. The fourth-order valence-corrected chi connectivity index (χ4v) is 6.64. The molecular formula is C34H33Cl2N3O5S. The molecule has 1 aliphatic heterocycles. The molecule has 4 aromatic rings. The Balaban J connectivity index is 1.65. The molecule has 8 nitrogen and oxygen atoms in total. The number of rotatable bonds is 10. The number of likely N-dealkylation sites (N-methyl/N-ethyl adjacent to an activating group) is 1. The highest BCUT2D eigenvalue weighted by molar-refractivity contribution is 7.07. The van der Waals surface area contributed by atoms with Crippen LogP contribution in [0.25, 0.3) is 6.08 Å². The number of hydrogen-bond acceptors (Lipinski definition) is 7. The zero-order chi connectivity index (χ0) is 32.2. The summed E-state index contributed by atoms with van der Waals surface area (Å²) in [4.78, 5) is 35.3. The van der Waals surface area contributed by atoms with Gasteiger partial charge >= 0.3 is 0 Å². The topological polar surface area (TPSA) is 82.4 Å². The van der Waals surface area contributed by atoms with Gasteiger partial charge in [-0.05, 0) is 68.8 Å². The van der Waals surface area contributed by atoms with Gasteiger partial charge in [0.15, 0.2) is 4.80 Å². The van der Waals surface area contributed by atoms with Crippen LogP contribution >= 0.6 is 34.5 Å². The fraction of sp³-hybridized carbons (Fsp3) is 0.265. The lowest BCUT2D eigenvalue weighted by atomic mass is 9.93. The van der Waals surface area contributed by atoms with Crippen molar-refractivity contribution in [3.05, 3.63) is 118 Å². The third-order valence-electron chi connectivity index (χ3n) is 7.62. The lowest BCUT2D eigenvalue weighted by Crippen LogP contribution is -2.43. The molecule has 0 spiro atoms. The van der Waals surface area contributed by atoms with E-state index in [-0.39, 0.29) is 18.1 Å². The minimum atomic E-state index is -0.789. The van der Waals surface area contributed by atoms with Crippen LogP contribution in [0, 0.1) is 0 Å². The Hall–Kier alpha value is -4.05. The van der Waals surface area contributed by atoms with Gasteiger partial charge in [0.1, 0.15) is 29.9 Å². The maximum atomic E-state index is 14.3. The monoisotopic (exact) mass is 665 g/mol. The number of benzene rings is 3. The van der Waals surface area contributed by atoms with Gasteiger partial charge in [-0.3, -0.25) is 14.2 Å². The Kier molecular flexibility index (Phi) is 10.0. The van der Waals surface area contributed by atoms with Crippen LogP contribution in [0.5, 0.6) is 17.2 Å². The van der Waals surface area contributed by atoms with Crippen LogP contribution in [-0.2, 0) is 11.4 Å². The summed E-state index contributed by atoms with van der Waals surface area (Å²) in [7, 11) is 3.13. The predicted octanol–water partition coefficient (Wildman–Crippen LogP) is 6.01. The van der Waals surface area contributed by atoms with Gasteiger partial charge in [-0.2, -0.15) is 0 Å². The molecule has 2 heterocycles. The Morgan fingerprint density at radius 2 is 1.76 bits per heavy atom. The number of hydrogen-bond donors (Lipinski definition) is 0. The van der Waals surface area contributed by atoms with E-state index in [1.165, 1.54) is 11.3 Å². The summed E-state index contributed by atoms with van der Waals surface area (Å²) in [6.07, 6.45) is 1.79. The molecule has 1 amide bonds. The molecule has 11 heteroatoms. The van der Waals surface area contributed by atoms with Crippen LogP contribution in [-0.4, -0.2) is 42.7 Å². The van der Waals surface area contributed by atoms with Gasteiger partial charge in [-0.25, -0.2) is 4.99 Å². The molecule has 1 atom stereocenters. The second kappa shape index (κ2) is 13.9. The molecule has 234 valence electrons. The highest BCUT2D eigenvalue weighted by Gasteiger charge is 2.36. The number of carbonyl (C=O) groups is 1. The number of amides is 1. The van der Waals surface area contributed by atoms with Crippen LogP contribution in [0.2, 0.25) is 10.0 Å². The van der Waals surface area contributed by atoms with E-state index < -0.39 is 6.04 Å². The van der Waals surface area contributed by atoms with Crippen LogP contribution < -0.4 is 29.1 Å². The Labute approximate surface area is 275 Å². The number of aromatic nitrogens is 1. The van der Waals surface area contributed by atoms with Crippen LogP contribution in [0.4, 0.5) is 0 Å². The van der Waals surface area contributed by atoms with Gasteiger partial charge in [0, 0.05) is 24.2 Å². The molecular weight excluding hydrogens is 633 g/mol. The van der Waals surface area contributed by atoms with Crippen LogP contribution in [0.1, 0.15) is 43.5 Å². The van der Waals surface area contributed by atoms with Crippen molar-refractivity contribution < 1.29 is 19.0 Å².